The Morgan fingerprint density at radius 3 is 3.00 bits per heavy atom. The number of hydrogen-bond acceptors (Lipinski definition) is 4. The molecule has 0 aromatic carbocycles. The minimum atomic E-state index is 0. The van der Waals surface area contributed by atoms with Gasteiger partial charge in [-0.3, -0.25) is 0 Å². The second-order valence-electron chi connectivity index (χ2n) is 5.09. The van der Waals surface area contributed by atoms with Gasteiger partial charge in [0.2, 0.25) is 0 Å². The van der Waals surface area contributed by atoms with E-state index in [9.17, 15) is 0 Å². The van der Waals surface area contributed by atoms with E-state index in [1.54, 1.807) is 6.33 Å². The van der Waals surface area contributed by atoms with E-state index in [1.807, 2.05) is 12.3 Å². The van der Waals surface area contributed by atoms with Crippen molar-refractivity contribution in [2.45, 2.75) is 19.4 Å². The van der Waals surface area contributed by atoms with E-state index < -0.39 is 0 Å². The average molecular weight is 263 g/mol. The summed E-state index contributed by atoms with van der Waals surface area (Å²) < 4.78 is 0. The Balaban J connectivity index is 0.00000133. The van der Waals surface area contributed by atoms with Gasteiger partial charge >= 0.3 is 0 Å². The Morgan fingerprint density at radius 2 is 2.21 bits per heavy atom. The highest BCUT2D eigenvalue weighted by Gasteiger charge is 2.26. The first-order valence-corrected chi connectivity index (χ1v) is 6.49. The van der Waals surface area contributed by atoms with Crippen molar-refractivity contribution in [3.63, 3.8) is 0 Å². The van der Waals surface area contributed by atoms with Crippen LogP contribution in [0.4, 0.5) is 5.82 Å². The van der Waals surface area contributed by atoms with Crippen LogP contribution in [0.2, 0.25) is 0 Å². The standard InChI is InChI=1S/C13H19N5.H2O/c1-9-3-5-14-7-11(9)18(2)13-10-4-6-15-12(10)16-8-17-13;/h4,6,8-9,11,14H,3,5,7H2,1-2H3,(H,15,16,17);1H2/t9-,11+;/m1./s1. The van der Waals surface area contributed by atoms with E-state index in [0.717, 1.165) is 29.9 Å². The van der Waals surface area contributed by atoms with Gasteiger partial charge in [-0.2, -0.15) is 0 Å². The summed E-state index contributed by atoms with van der Waals surface area (Å²) in [5.74, 6) is 1.70. The Bertz CT molecular complexity index is 541. The van der Waals surface area contributed by atoms with Crippen LogP contribution in [0.25, 0.3) is 11.0 Å². The summed E-state index contributed by atoms with van der Waals surface area (Å²) in [5.41, 5.74) is 0.906. The molecule has 0 aliphatic carbocycles. The van der Waals surface area contributed by atoms with Crippen molar-refractivity contribution in [3.8, 4) is 0 Å². The van der Waals surface area contributed by atoms with Gasteiger partial charge in [0.25, 0.3) is 0 Å². The number of H-pyrrole nitrogens is 1. The number of piperidine rings is 1. The van der Waals surface area contributed by atoms with Gasteiger partial charge in [0.05, 0.1) is 5.39 Å². The van der Waals surface area contributed by atoms with E-state index in [0.29, 0.717) is 12.0 Å². The van der Waals surface area contributed by atoms with Gasteiger partial charge in [-0.15, -0.1) is 0 Å². The molecule has 1 aliphatic heterocycles. The molecular weight excluding hydrogens is 242 g/mol. The van der Waals surface area contributed by atoms with Crippen LogP contribution in [0.5, 0.6) is 0 Å². The van der Waals surface area contributed by atoms with E-state index in [4.69, 9.17) is 0 Å². The van der Waals surface area contributed by atoms with Crippen molar-refractivity contribution in [1.29, 1.82) is 0 Å². The third-order valence-corrected chi connectivity index (χ3v) is 3.95. The highest BCUT2D eigenvalue weighted by molar-refractivity contribution is 5.87. The first kappa shape index (κ1) is 13.8. The van der Waals surface area contributed by atoms with Crippen molar-refractivity contribution in [3.05, 3.63) is 18.6 Å². The van der Waals surface area contributed by atoms with Crippen LogP contribution in [0.3, 0.4) is 0 Å². The molecule has 6 heteroatoms. The molecule has 19 heavy (non-hydrogen) atoms. The van der Waals surface area contributed by atoms with E-state index in [2.05, 4.69) is 39.1 Å². The van der Waals surface area contributed by atoms with Crippen LogP contribution in [0.15, 0.2) is 18.6 Å². The van der Waals surface area contributed by atoms with Crippen LogP contribution in [0, 0.1) is 5.92 Å². The summed E-state index contributed by atoms with van der Waals surface area (Å²) in [7, 11) is 2.13. The number of aromatic amines is 1. The summed E-state index contributed by atoms with van der Waals surface area (Å²) in [6.07, 6.45) is 4.77. The topological polar surface area (TPSA) is 88.3 Å². The van der Waals surface area contributed by atoms with Gasteiger partial charge in [0, 0.05) is 25.8 Å². The fraction of sp³-hybridized carbons (Fsp3) is 0.538. The SMILES string of the molecule is C[C@@H]1CCNC[C@@H]1N(C)c1ncnc2[nH]ccc12.O. The Kier molecular flexibility index (Phi) is 4.01. The van der Waals surface area contributed by atoms with Gasteiger partial charge in [-0.25, -0.2) is 9.97 Å². The highest BCUT2D eigenvalue weighted by atomic mass is 16.0. The van der Waals surface area contributed by atoms with Gasteiger partial charge < -0.3 is 20.7 Å². The van der Waals surface area contributed by atoms with Crippen LogP contribution in [0.1, 0.15) is 13.3 Å². The van der Waals surface area contributed by atoms with Gasteiger partial charge in [-0.05, 0) is 24.9 Å². The minimum absolute atomic E-state index is 0. The Labute approximate surface area is 112 Å². The lowest BCUT2D eigenvalue weighted by atomic mass is 9.93. The lowest BCUT2D eigenvalue weighted by Gasteiger charge is -2.37. The zero-order valence-electron chi connectivity index (χ0n) is 11.3. The molecule has 0 spiro atoms. The zero-order chi connectivity index (χ0) is 12.5. The van der Waals surface area contributed by atoms with Crippen LogP contribution in [-0.4, -0.2) is 46.6 Å². The van der Waals surface area contributed by atoms with Gasteiger partial charge in [-0.1, -0.05) is 6.92 Å². The maximum absolute atomic E-state index is 4.46. The monoisotopic (exact) mass is 263 g/mol. The molecule has 0 unspecified atom stereocenters. The lowest BCUT2D eigenvalue weighted by molar-refractivity contribution is 0.338. The first-order chi connectivity index (χ1) is 8.77. The normalized spacial score (nSPS) is 23.1. The van der Waals surface area contributed by atoms with Crippen molar-refractivity contribution < 1.29 is 5.48 Å². The predicted molar refractivity (Wildman–Crippen MR) is 76.3 cm³/mol. The van der Waals surface area contributed by atoms with Gasteiger partial charge in [0.15, 0.2) is 0 Å². The Morgan fingerprint density at radius 1 is 1.37 bits per heavy atom. The molecule has 2 aromatic heterocycles. The number of fused-ring (bicyclic) bond motifs is 1. The van der Waals surface area contributed by atoms with E-state index in [-0.39, 0.29) is 5.48 Å². The molecule has 1 saturated heterocycles. The molecule has 0 bridgehead atoms. The first-order valence-electron chi connectivity index (χ1n) is 6.49. The molecule has 3 heterocycles. The van der Waals surface area contributed by atoms with Crippen LogP contribution >= 0.6 is 0 Å². The maximum Gasteiger partial charge on any atom is 0.142 e. The average Bonchev–Trinajstić information content (AvgIpc) is 2.86. The summed E-state index contributed by atoms with van der Waals surface area (Å²) in [6.45, 7) is 4.46. The molecule has 0 saturated carbocycles. The van der Waals surface area contributed by atoms with Crippen LogP contribution < -0.4 is 10.2 Å². The molecule has 104 valence electrons. The minimum Gasteiger partial charge on any atom is -0.412 e. The third kappa shape index (κ3) is 2.41. The molecular formula is C13H21N5O. The van der Waals surface area contributed by atoms with Crippen molar-refractivity contribution in [1.82, 2.24) is 20.3 Å². The second kappa shape index (κ2) is 5.54. The maximum atomic E-state index is 4.46. The summed E-state index contributed by atoms with van der Waals surface area (Å²) >= 11 is 0. The smallest absolute Gasteiger partial charge is 0.142 e. The van der Waals surface area contributed by atoms with Gasteiger partial charge in [0.1, 0.15) is 17.8 Å². The summed E-state index contributed by atoms with van der Waals surface area (Å²) in [5, 5.41) is 4.56. The fourth-order valence-electron chi connectivity index (χ4n) is 2.79. The molecule has 0 amide bonds. The molecule has 2 aromatic rings. The van der Waals surface area contributed by atoms with E-state index >= 15 is 0 Å². The summed E-state index contributed by atoms with van der Waals surface area (Å²) in [6, 6.07) is 2.54. The van der Waals surface area contributed by atoms with Crippen molar-refractivity contribution in [2.75, 3.05) is 25.0 Å². The van der Waals surface area contributed by atoms with Crippen molar-refractivity contribution in [2.24, 2.45) is 5.92 Å². The number of nitrogens with one attached hydrogen (secondary N) is 2. The summed E-state index contributed by atoms with van der Waals surface area (Å²) in [4.78, 5) is 14.1. The van der Waals surface area contributed by atoms with Crippen molar-refractivity contribution >= 4 is 16.9 Å². The number of aromatic nitrogens is 3. The molecule has 6 nitrogen and oxygen atoms in total. The number of nitrogens with zero attached hydrogens (tertiary/aromatic N) is 3. The van der Waals surface area contributed by atoms with E-state index in [1.165, 1.54) is 6.42 Å². The molecule has 0 radical (unpaired) electrons. The number of rotatable bonds is 2. The number of likely N-dealkylation sites (N-methyl/N-ethyl adjacent to an activating group) is 1. The third-order valence-electron chi connectivity index (χ3n) is 3.95. The van der Waals surface area contributed by atoms with Crippen LogP contribution in [-0.2, 0) is 0 Å². The molecule has 4 N–H and O–H groups in total. The second-order valence-corrected chi connectivity index (χ2v) is 5.09. The molecule has 1 fully saturated rings. The molecule has 3 rings (SSSR count). The highest BCUT2D eigenvalue weighted by Crippen LogP contribution is 2.26. The fourth-order valence-corrected chi connectivity index (χ4v) is 2.79. The molecule has 1 aliphatic rings. The molecule has 2 atom stereocenters. The quantitative estimate of drug-likeness (QED) is 0.829. The largest absolute Gasteiger partial charge is 0.412 e. The predicted octanol–water partition coefficient (Wildman–Crippen LogP) is 0.567. The number of anilines is 1. The zero-order valence-corrected chi connectivity index (χ0v) is 11.3. The lowest BCUT2D eigenvalue weighted by Crippen LogP contribution is -2.49. The number of hydrogen-bond donors (Lipinski definition) is 2. The Hall–Kier alpha value is -1.66.